The Labute approximate surface area is 105 Å². The Morgan fingerprint density at radius 3 is 2.67 bits per heavy atom. The summed E-state index contributed by atoms with van der Waals surface area (Å²) in [6.45, 7) is 2.89. The zero-order valence-electron chi connectivity index (χ0n) is 10.0. The number of ether oxygens (including phenoxy) is 2. The molecule has 3 heterocycles. The molecule has 6 heteroatoms. The molecule has 6 nitrogen and oxygen atoms in total. The van der Waals surface area contributed by atoms with E-state index < -0.39 is 5.79 Å². The quantitative estimate of drug-likeness (QED) is 0.726. The molecule has 2 aliphatic rings. The number of anilines is 1. The van der Waals surface area contributed by atoms with E-state index in [4.69, 9.17) is 14.7 Å². The summed E-state index contributed by atoms with van der Waals surface area (Å²) >= 11 is 0. The van der Waals surface area contributed by atoms with Gasteiger partial charge in [0.1, 0.15) is 6.07 Å². The highest BCUT2D eigenvalue weighted by Gasteiger charge is 2.40. The Kier molecular flexibility index (Phi) is 2.86. The van der Waals surface area contributed by atoms with Crippen molar-refractivity contribution in [2.24, 2.45) is 0 Å². The molecule has 0 saturated carbocycles. The van der Waals surface area contributed by atoms with Crippen LogP contribution in [0.3, 0.4) is 0 Å². The maximum atomic E-state index is 9.06. The Bertz CT molecular complexity index is 469. The van der Waals surface area contributed by atoms with Crippen LogP contribution in [0.25, 0.3) is 0 Å². The van der Waals surface area contributed by atoms with E-state index in [2.05, 4.69) is 21.2 Å². The van der Waals surface area contributed by atoms with Gasteiger partial charge >= 0.3 is 0 Å². The van der Waals surface area contributed by atoms with Crippen molar-refractivity contribution < 1.29 is 9.47 Å². The minimum Gasteiger partial charge on any atom is -0.354 e. The minimum atomic E-state index is -0.397. The van der Waals surface area contributed by atoms with Gasteiger partial charge in [-0.1, -0.05) is 0 Å². The lowest BCUT2D eigenvalue weighted by Gasteiger charge is -2.38. The van der Waals surface area contributed by atoms with E-state index in [0.717, 1.165) is 25.9 Å². The van der Waals surface area contributed by atoms with Crippen molar-refractivity contribution in [1.82, 2.24) is 10.2 Å². The van der Waals surface area contributed by atoms with Crippen molar-refractivity contribution in [3.8, 4) is 6.07 Å². The molecule has 1 aromatic rings. The van der Waals surface area contributed by atoms with Crippen molar-refractivity contribution in [3.63, 3.8) is 0 Å². The van der Waals surface area contributed by atoms with Crippen molar-refractivity contribution in [1.29, 1.82) is 5.26 Å². The number of nitrogens with zero attached hydrogens (tertiary/aromatic N) is 4. The van der Waals surface area contributed by atoms with E-state index in [1.54, 1.807) is 6.07 Å². The van der Waals surface area contributed by atoms with Crippen LogP contribution in [0.2, 0.25) is 0 Å². The molecular formula is C12H14N4O2. The first-order chi connectivity index (χ1) is 8.83. The lowest BCUT2D eigenvalue weighted by Crippen LogP contribution is -2.45. The van der Waals surface area contributed by atoms with Crippen molar-refractivity contribution in [2.45, 2.75) is 18.6 Å². The third-order valence-corrected chi connectivity index (χ3v) is 3.46. The van der Waals surface area contributed by atoms with E-state index in [-0.39, 0.29) is 0 Å². The number of hydrogen-bond acceptors (Lipinski definition) is 6. The number of rotatable bonds is 1. The summed E-state index contributed by atoms with van der Waals surface area (Å²) in [6.07, 6.45) is 3.14. The lowest BCUT2D eigenvalue weighted by molar-refractivity contribution is -0.169. The third kappa shape index (κ3) is 1.92. The highest BCUT2D eigenvalue weighted by Crippen LogP contribution is 2.33. The fraction of sp³-hybridized carbons (Fsp3) is 0.583. The van der Waals surface area contributed by atoms with Crippen LogP contribution in [0.15, 0.2) is 12.3 Å². The topological polar surface area (TPSA) is 71.3 Å². The van der Waals surface area contributed by atoms with E-state index >= 15 is 0 Å². The Morgan fingerprint density at radius 2 is 2.00 bits per heavy atom. The van der Waals surface area contributed by atoms with Crippen LogP contribution in [-0.4, -0.2) is 42.3 Å². The summed E-state index contributed by atoms with van der Waals surface area (Å²) in [7, 11) is 0. The standard InChI is InChI=1S/C12H14N4O2/c13-9-10-1-4-14-15-11(10)16-5-2-12(3-6-16)17-7-8-18-12/h1,4H,2-3,5-8H2. The monoisotopic (exact) mass is 246 g/mol. The maximum absolute atomic E-state index is 9.06. The van der Waals surface area contributed by atoms with Gasteiger partial charge in [0.05, 0.1) is 25.0 Å². The summed E-state index contributed by atoms with van der Waals surface area (Å²) < 4.78 is 11.3. The van der Waals surface area contributed by atoms with Crippen LogP contribution < -0.4 is 4.90 Å². The summed E-state index contributed by atoms with van der Waals surface area (Å²) in [6, 6.07) is 3.84. The highest BCUT2D eigenvalue weighted by molar-refractivity contribution is 5.52. The SMILES string of the molecule is N#Cc1ccnnc1N1CCC2(CC1)OCCO2. The van der Waals surface area contributed by atoms with Gasteiger partial charge < -0.3 is 14.4 Å². The number of hydrogen-bond donors (Lipinski definition) is 0. The molecule has 0 unspecified atom stereocenters. The van der Waals surface area contributed by atoms with Gasteiger partial charge in [0.25, 0.3) is 0 Å². The smallest absolute Gasteiger partial charge is 0.171 e. The van der Waals surface area contributed by atoms with Crippen LogP contribution in [-0.2, 0) is 9.47 Å². The molecule has 0 aliphatic carbocycles. The van der Waals surface area contributed by atoms with Crippen molar-refractivity contribution in [2.75, 3.05) is 31.2 Å². The number of piperidine rings is 1. The van der Waals surface area contributed by atoms with Gasteiger partial charge in [-0.3, -0.25) is 0 Å². The fourth-order valence-corrected chi connectivity index (χ4v) is 2.49. The van der Waals surface area contributed by atoms with E-state index in [0.29, 0.717) is 24.6 Å². The molecule has 1 spiro atoms. The number of nitriles is 1. The maximum Gasteiger partial charge on any atom is 0.171 e. The predicted octanol–water partition coefficient (Wildman–Crippen LogP) is 0.692. The molecule has 0 atom stereocenters. The molecule has 0 N–H and O–H groups in total. The van der Waals surface area contributed by atoms with Crippen LogP contribution in [0.1, 0.15) is 18.4 Å². The molecule has 1 aromatic heterocycles. The first-order valence-corrected chi connectivity index (χ1v) is 6.08. The summed E-state index contributed by atoms with van der Waals surface area (Å²) in [5, 5.41) is 17.0. The average molecular weight is 246 g/mol. The van der Waals surface area contributed by atoms with Crippen molar-refractivity contribution >= 4 is 5.82 Å². The molecule has 0 amide bonds. The second-order valence-electron chi connectivity index (χ2n) is 4.47. The van der Waals surface area contributed by atoms with E-state index in [1.807, 2.05) is 0 Å². The zero-order chi connectivity index (χ0) is 12.4. The lowest BCUT2D eigenvalue weighted by atomic mass is 10.0. The van der Waals surface area contributed by atoms with Gasteiger partial charge in [-0.05, 0) is 6.07 Å². The van der Waals surface area contributed by atoms with Gasteiger partial charge in [0, 0.05) is 25.9 Å². The summed E-state index contributed by atoms with van der Waals surface area (Å²) in [5.74, 6) is 0.263. The second-order valence-corrected chi connectivity index (χ2v) is 4.47. The molecule has 0 aromatic carbocycles. The predicted molar refractivity (Wildman–Crippen MR) is 62.8 cm³/mol. The van der Waals surface area contributed by atoms with Crippen molar-refractivity contribution in [3.05, 3.63) is 17.8 Å². The summed E-state index contributed by atoms with van der Waals surface area (Å²) in [5.41, 5.74) is 0.564. The largest absolute Gasteiger partial charge is 0.354 e. The fourth-order valence-electron chi connectivity index (χ4n) is 2.49. The zero-order valence-corrected chi connectivity index (χ0v) is 10.0. The highest BCUT2D eigenvalue weighted by atomic mass is 16.7. The first-order valence-electron chi connectivity index (χ1n) is 6.08. The third-order valence-electron chi connectivity index (χ3n) is 3.46. The van der Waals surface area contributed by atoms with Crippen LogP contribution in [0, 0.1) is 11.3 Å². The first kappa shape index (κ1) is 11.4. The van der Waals surface area contributed by atoms with Gasteiger partial charge in [-0.25, -0.2) is 0 Å². The van der Waals surface area contributed by atoms with E-state index in [9.17, 15) is 0 Å². The van der Waals surface area contributed by atoms with Crippen LogP contribution >= 0.6 is 0 Å². The minimum absolute atomic E-state index is 0.397. The Hall–Kier alpha value is -1.71. The molecular weight excluding hydrogens is 232 g/mol. The molecule has 2 saturated heterocycles. The average Bonchev–Trinajstić information content (AvgIpc) is 2.88. The van der Waals surface area contributed by atoms with Crippen LogP contribution in [0.5, 0.6) is 0 Å². The molecule has 2 aliphatic heterocycles. The normalized spacial score (nSPS) is 22.1. The van der Waals surface area contributed by atoms with Gasteiger partial charge in [-0.2, -0.15) is 10.4 Å². The molecule has 2 fully saturated rings. The second kappa shape index (κ2) is 4.52. The molecule has 18 heavy (non-hydrogen) atoms. The molecule has 0 radical (unpaired) electrons. The Balaban J connectivity index is 1.74. The molecule has 0 bridgehead atoms. The van der Waals surface area contributed by atoms with Crippen LogP contribution in [0.4, 0.5) is 5.82 Å². The van der Waals surface area contributed by atoms with Gasteiger partial charge in [0.15, 0.2) is 11.6 Å². The van der Waals surface area contributed by atoms with Gasteiger partial charge in [-0.15, -0.1) is 5.10 Å². The summed E-state index contributed by atoms with van der Waals surface area (Å²) in [4.78, 5) is 2.07. The number of aromatic nitrogens is 2. The molecule has 3 rings (SSSR count). The molecule has 94 valence electrons. The van der Waals surface area contributed by atoms with Gasteiger partial charge in [0.2, 0.25) is 0 Å². The van der Waals surface area contributed by atoms with E-state index in [1.165, 1.54) is 6.20 Å². The Morgan fingerprint density at radius 1 is 1.28 bits per heavy atom.